The van der Waals surface area contributed by atoms with E-state index in [9.17, 15) is 0 Å². The number of hydrogen-bond donors (Lipinski definition) is 0. The van der Waals surface area contributed by atoms with Crippen LogP contribution in [0, 0.1) is 0 Å². The summed E-state index contributed by atoms with van der Waals surface area (Å²) in [7, 11) is 0. The van der Waals surface area contributed by atoms with Crippen LogP contribution in [0.3, 0.4) is 0 Å². The van der Waals surface area contributed by atoms with E-state index in [2.05, 4.69) is 91.0 Å². The Balaban J connectivity index is 1.27. The van der Waals surface area contributed by atoms with E-state index < -0.39 is 0 Å². The summed E-state index contributed by atoms with van der Waals surface area (Å²) in [4.78, 5) is 15.3. The van der Waals surface area contributed by atoms with Crippen LogP contribution in [0.1, 0.15) is 0 Å². The highest BCUT2D eigenvalue weighted by atomic mass is 32.1. The first-order valence-electron chi connectivity index (χ1n) is 13.6. The molecule has 8 rings (SSSR count). The van der Waals surface area contributed by atoms with Gasteiger partial charge in [0.2, 0.25) is 0 Å². The number of rotatable bonds is 4. The van der Waals surface area contributed by atoms with E-state index in [1.807, 2.05) is 48.5 Å². The lowest BCUT2D eigenvalue weighted by molar-refractivity contribution is 1.29. The molecule has 2 aromatic heterocycles. The minimum Gasteiger partial charge on any atom is -0.244 e. The van der Waals surface area contributed by atoms with Gasteiger partial charge in [-0.3, -0.25) is 0 Å². The van der Waals surface area contributed by atoms with Crippen LogP contribution in [-0.4, -0.2) is 15.0 Å². The second-order valence-corrected chi connectivity index (χ2v) is 11.1. The molecule has 0 saturated carbocycles. The third-order valence-electron chi connectivity index (χ3n) is 7.48. The van der Waals surface area contributed by atoms with Gasteiger partial charge >= 0.3 is 0 Å². The van der Waals surface area contributed by atoms with Gasteiger partial charge in [-0.1, -0.05) is 109 Å². The Bertz CT molecular complexity index is 2200. The maximum atomic E-state index is 5.11. The Morgan fingerprint density at radius 3 is 1.76 bits per heavy atom. The normalized spacial score (nSPS) is 11.4. The van der Waals surface area contributed by atoms with Gasteiger partial charge in [-0.2, -0.15) is 0 Å². The zero-order chi connectivity index (χ0) is 27.2. The Kier molecular flexibility index (Phi) is 5.64. The first-order valence-corrected chi connectivity index (χ1v) is 14.4. The molecular formula is C37H23N3S. The van der Waals surface area contributed by atoms with Crippen LogP contribution >= 0.6 is 11.3 Å². The van der Waals surface area contributed by atoms with Crippen molar-refractivity contribution >= 4 is 43.4 Å². The van der Waals surface area contributed by atoms with Crippen molar-refractivity contribution in [2.24, 2.45) is 0 Å². The Labute approximate surface area is 241 Å². The zero-order valence-corrected chi connectivity index (χ0v) is 22.8. The molecule has 0 atom stereocenters. The number of benzene rings is 6. The topological polar surface area (TPSA) is 38.7 Å². The van der Waals surface area contributed by atoms with Crippen molar-refractivity contribution in [1.29, 1.82) is 0 Å². The summed E-state index contributed by atoms with van der Waals surface area (Å²) in [5.41, 5.74) is 10.1. The monoisotopic (exact) mass is 541 g/mol. The molecule has 0 aliphatic heterocycles. The van der Waals surface area contributed by atoms with Gasteiger partial charge < -0.3 is 0 Å². The summed E-state index contributed by atoms with van der Waals surface area (Å²) >= 11 is 1.74. The quantitative estimate of drug-likeness (QED) is 0.222. The molecule has 0 radical (unpaired) electrons. The number of nitrogens with zero attached hydrogens (tertiary/aromatic N) is 3. The second-order valence-electron chi connectivity index (χ2n) is 10.1. The van der Waals surface area contributed by atoms with Crippen LogP contribution in [0.5, 0.6) is 0 Å². The van der Waals surface area contributed by atoms with Crippen LogP contribution in [-0.2, 0) is 0 Å². The molecule has 0 unspecified atom stereocenters. The molecule has 6 aromatic carbocycles. The van der Waals surface area contributed by atoms with Crippen molar-refractivity contribution in [3.8, 4) is 44.2 Å². The lowest BCUT2D eigenvalue weighted by atomic mass is 9.97. The van der Waals surface area contributed by atoms with E-state index in [4.69, 9.17) is 15.0 Å². The summed E-state index contributed by atoms with van der Waals surface area (Å²) in [5, 5.41) is 3.40. The second kappa shape index (κ2) is 9.77. The number of hydrogen-bond acceptors (Lipinski definition) is 4. The largest absolute Gasteiger partial charge is 0.244 e. The third kappa shape index (κ3) is 4.26. The van der Waals surface area contributed by atoms with Crippen LogP contribution in [0.2, 0.25) is 0 Å². The summed E-state index contributed by atoms with van der Waals surface area (Å²) in [6.45, 7) is 0. The number of aromatic nitrogens is 3. The molecule has 0 saturated heterocycles. The molecule has 0 spiro atoms. The lowest BCUT2D eigenvalue weighted by Gasteiger charge is -2.12. The molecule has 192 valence electrons. The summed E-state index contributed by atoms with van der Waals surface area (Å²) in [6.07, 6.45) is 0. The SMILES string of the molecule is c1ccc(-c2nc3c(ccc4ccc(-c5cccc(-c6nc7ccccc7nc6-c6ccccc6)c5)cc43)s2)cc1. The van der Waals surface area contributed by atoms with Crippen LogP contribution in [0.4, 0.5) is 0 Å². The van der Waals surface area contributed by atoms with Gasteiger partial charge in [0.25, 0.3) is 0 Å². The Morgan fingerprint density at radius 2 is 1.00 bits per heavy atom. The molecule has 0 N–H and O–H groups in total. The molecule has 0 fully saturated rings. The predicted molar refractivity (Wildman–Crippen MR) is 172 cm³/mol. The van der Waals surface area contributed by atoms with Crippen molar-refractivity contribution in [2.75, 3.05) is 0 Å². The molecule has 0 bridgehead atoms. The van der Waals surface area contributed by atoms with E-state index in [0.717, 1.165) is 60.8 Å². The van der Waals surface area contributed by atoms with Gasteiger partial charge in [-0.05, 0) is 46.8 Å². The van der Waals surface area contributed by atoms with Crippen molar-refractivity contribution in [3.63, 3.8) is 0 Å². The molecular weight excluding hydrogens is 518 g/mol. The molecule has 41 heavy (non-hydrogen) atoms. The van der Waals surface area contributed by atoms with E-state index in [1.54, 1.807) is 11.3 Å². The van der Waals surface area contributed by atoms with E-state index in [-0.39, 0.29) is 0 Å². The molecule has 2 heterocycles. The number of para-hydroxylation sites is 2. The fourth-order valence-electron chi connectivity index (χ4n) is 5.44. The molecule has 0 amide bonds. The van der Waals surface area contributed by atoms with Crippen LogP contribution in [0.25, 0.3) is 76.2 Å². The first-order chi connectivity index (χ1) is 20.3. The lowest BCUT2D eigenvalue weighted by Crippen LogP contribution is -1.95. The van der Waals surface area contributed by atoms with Crippen molar-refractivity contribution < 1.29 is 0 Å². The molecule has 3 nitrogen and oxygen atoms in total. The van der Waals surface area contributed by atoms with Gasteiger partial charge in [-0.15, -0.1) is 11.3 Å². The number of fused-ring (bicyclic) bond motifs is 4. The predicted octanol–water partition coefficient (Wildman–Crippen LogP) is 10.1. The van der Waals surface area contributed by atoms with Crippen molar-refractivity contribution in [2.45, 2.75) is 0 Å². The average Bonchev–Trinajstić information content (AvgIpc) is 3.50. The van der Waals surface area contributed by atoms with Gasteiger partial charge in [0.15, 0.2) is 0 Å². The van der Waals surface area contributed by atoms with Gasteiger partial charge in [0.1, 0.15) is 5.01 Å². The fourth-order valence-corrected chi connectivity index (χ4v) is 6.43. The minimum atomic E-state index is 0.881. The highest BCUT2D eigenvalue weighted by Gasteiger charge is 2.15. The van der Waals surface area contributed by atoms with Gasteiger partial charge in [0.05, 0.1) is 32.6 Å². The highest BCUT2D eigenvalue weighted by molar-refractivity contribution is 7.21. The Morgan fingerprint density at radius 1 is 0.415 bits per heavy atom. The molecule has 0 aliphatic carbocycles. The van der Waals surface area contributed by atoms with Crippen LogP contribution < -0.4 is 0 Å². The summed E-state index contributed by atoms with van der Waals surface area (Å²) in [5.74, 6) is 0. The zero-order valence-electron chi connectivity index (χ0n) is 22.0. The standard InChI is InChI=1S/C37H23N3S/c1-3-10-25(11-4-1)34-35(39-32-17-8-7-16-31(32)38-34)29-15-9-14-27(22-29)28-19-18-24-20-21-33-36(30(24)23-28)40-37(41-33)26-12-5-2-6-13-26/h1-23H. The maximum Gasteiger partial charge on any atom is 0.124 e. The summed E-state index contributed by atoms with van der Waals surface area (Å²) < 4.78 is 1.20. The number of thiazole rings is 1. The molecule has 0 aliphatic rings. The van der Waals surface area contributed by atoms with E-state index in [0.29, 0.717) is 0 Å². The first kappa shape index (κ1) is 23.7. The maximum absolute atomic E-state index is 5.11. The fraction of sp³-hybridized carbons (Fsp3) is 0. The average molecular weight is 542 g/mol. The molecule has 4 heteroatoms. The summed E-state index contributed by atoms with van der Waals surface area (Å²) in [6, 6.07) is 48.5. The third-order valence-corrected chi connectivity index (χ3v) is 8.55. The van der Waals surface area contributed by atoms with E-state index >= 15 is 0 Å². The van der Waals surface area contributed by atoms with Crippen molar-refractivity contribution in [3.05, 3.63) is 140 Å². The van der Waals surface area contributed by atoms with Gasteiger partial charge in [0, 0.05) is 22.1 Å². The Hall–Kier alpha value is -5.19. The highest BCUT2D eigenvalue weighted by Crippen LogP contribution is 2.37. The van der Waals surface area contributed by atoms with Crippen molar-refractivity contribution in [1.82, 2.24) is 15.0 Å². The van der Waals surface area contributed by atoms with E-state index in [1.165, 1.54) is 15.5 Å². The minimum absolute atomic E-state index is 0.881. The van der Waals surface area contributed by atoms with Gasteiger partial charge in [-0.25, -0.2) is 15.0 Å². The molecule has 8 aromatic rings. The smallest absolute Gasteiger partial charge is 0.124 e. The van der Waals surface area contributed by atoms with Crippen LogP contribution in [0.15, 0.2) is 140 Å².